The molecule has 0 aromatic carbocycles. The Morgan fingerprint density at radius 2 is 2.17 bits per heavy atom. The quantitative estimate of drug-likeness (QED) is 0.729. The number of halogens is 1. The van der Waals surface area contributed by atoms with E-state index in [-0.39, 0.29) is 16.5 Å². The Bertz CT molecular complexity index is 652. The first kappa shape index (κ1) is 13.8. The predicted molar refractivity (Wildman–Crippen MR) is 65.6 cm³/mol. The Balaban J connectivity index is 2.20. The van der Waals surface area contributed by atoms with Crippen molar-refractivity contribution in [1.82, 2.24) is 14.3 Å². The molecule has 2 heterocycles. The van der Waals surface area contributed by atoms with Crippen molar-refractivity contribution < 1.29 is 16.8 Å². The van der Waals surface area contributed by atoms with E-state index in [2.05, 4.69) is 9.71 Å². The summed E-state index contributed by atoms with van der Waals surface area (Å²) in [6.07, 6.45) is 2.67. The van der Waals surface area contributed by atoms with Gasteiger partial charge in [0.15, 0.2) is 14.9 Å². The summed E-state index contributed by atoms with van der Waals surface area (Å²) in [6, 6.07) is -0.816. The number of nitrogens with zero attached hydrogens (tertiary/aromatic N) is 2. The summed E-state index contributed by atoms with van der Waals surface area (Å²) in [5, 5.41) is -0.911. The minimum Gasteiger partial charge on any atom is -0.339 e. The van der Waals surface area contributed by atoms with Gasteiger partial charge in [-0.25, -0.2) is 26.5 Å². The van der Waals surface area contributed by atoms with E-state index in [1.54, 1.807) is 7.05 Å². The van der Waals surface area contributed by atoms with E-state index in [0.29, 0.717) is 0 Å². The molecule has 7 nitrogen and oxygen atoms in total. The normalized spacial score (nSPS) is 27.4. The highest BCUT2D eigenvalue weighted by molar-refractivity contribution is 7.92. The van der Waals surface area contributed by atoms with E-state index in [0.717, 1.165) is 0 Å². The minimum absolute atomic E-state index is 0.154. The lowest BCUT2D eigenvalue weighted by atomic mass is 10.3. The molecule has 102 valence electrons. The molecule has 0 aliphatic carbocycles. The second kappa shape index (κ2) is 4.48. The molecule has 1 fully saturated rings. The molecule has 2 rings (SSSR count). The third-order valence-corrected chi connectivity index (χ3v) is 6.30. The number of hydrogen-bond acceptors (Lipinski definition) is 5. The molecular weight excluding hydrogens is 302 g/mol. The fourth-order valence-corrected chi connectivity index (χ4v) is 5.69. The third-order valence-electron chi connectivity index (χ3n) is 2.55. The number of hydrogen-bond donors (Lipinski definition) is 1. The van der Waals surface area contributed by atoms with Gasteiger partial charge in [-0.05, 0) is 0 Å². The van der Waals surface area contributed by atoms with Crippen LogP contribution in [0.1, 0.15) is 0 Å². The summed E-state index contributed by atoms with van der Waals surface area (Å²) in [5.74, 6) is -0.503. The van der Waals surface area contributed by atoms with E-state index in [1.165, 1.54) is 17.1 Å². The van der Waals surface area contributed by atoms with Gasteiger partial charge in [0.25, 0.3) is 10.0 Å². The highest BCUT2D eigenvalue weighted by atomic mass is 35.5. The van der Waals surface area contributed by atoms with Crippen molar-refractivity contribution >= 4 is 31.5 Å². The number of rotatable bonds is 3. The molecule has 10 heteroatoms. The van der Waals surface area contributed by atoms with Crippen molar-refractivity contribution in [2.75, 3.05) is 11.5 Å². The van der Waals surface area contributed by atoms with Crippen LogP contribution in [-0.4, -0.2) is 49.3 Å². The van der Waals surface area contributed by atoms with Crippen LogP contribution in [0.2, 0.25) is 0 Å². The Morgan fingerprint density at radius 3 is 2.61 bits per heavy atom. The summed E-state index contributed by atoms with van der Waals surface area (Å²) in [4.78, 5) is 3.71. The van der Waals surface area contributed by atoms with Gasteiger partial charge >= 0.3 is 0 Å². The molecule has 0 radical (unpaired) electrons. The van der Waals surface area contributed by atoms with E-state index in [1.807, 2.05) is 0 Å². The second-order valence-corrected chi connectivity index (χ2v) is 8.57. The first-order valence-electron chi connectivity index (χ1n) is 5.04. The van der Waals surface area contributed by atoms with Crippen LogP contribution in [0.15, 0.2) is 17.6 Å². The van der Waals surface area contributed by atoms with Crippen LogP contribution >= 0.6 is 11.6 Å². The van der Waals surface area contributed by atoms with Crippen LogP contribution < -0.4 is 4.72 Å². The van der Waals surface area contributed by atoms with Crippen LogP contribution in [0.5, 0.6) is 0 Å². The van der Waals surface area contributed by atoms with Crippen molar-refractivity contribution in [2.45, 2.75) is 16.4 Å². The van der Waals surface area contributed by atoms with Crippen LogP contribution in [0, 0.1) is 0 Å². The van der Waals surface area contributed by atoms with Gasteiger partial charge in [-0.1, -0.05) is 0 Å². The van der Waals surface area contributed by atoms with Gasteiger partial charge in [-0.15, -0.1) is 11.6 Å². The van der Waals surface area contributed by atoms with Crippen molar-refractivity contribution in [3.63, 3.8) is 0 Å². The van der Waals surface area contributed by atoms with Crippen LogP contribution in [0.4, 0.5) is 0 Å². The van der Waals surface area contributed by atoms with Gasteiger partial charge in [-0.2, -0.15) is 0 Å². The van der Waals surface area contributed by atoms with Gasteiger partial charge in [0.1, 0.15) is 0 Å². The number of aryl methyl sites for hydroxylation is 1. The Kier molecular flexibility index (Phi) is 3.43. The van der Waals surface area contributed by atoms with E-state index < -0.39 is 31.3 Å². The maximum Gasteiger partial charge on any atom is 0.259 e. The maximum absolute atomic E-state index is 11.9. The lowest BCUT2D eigenvalue weighted by molar-refractivity contribution is 0.560. The Hall–Kier alpha value is -0.640. The lowest BCUT2D eigenvalue weighted by Crippen LogP contribution is -2.40. The van der Waals surface area contributed by atoms with Crippen molar-refractivity contribution in [3.05, 3.63) is 12.5 Å². The molecule has 0 saturated carbocycles. The molecule has 1 aromatic rings. The fraction of sp³-hybridized carbons (Fsp3) is 0.625. The zero-order valence-electron chi connectivity index (χ0n) is 9.45. The molecule has 2 atom stereocenters. The van der Waals surface area contributed by atoms with Crippen LogP contribution in [0.25, 0.3) is 0 Å². The molecule has 18 heavy (non-hydrogen) atoms. The van der Waals surface area contributed by atoms with Crippen LogP contribution in [0.3, 0.4) is 0 Å². The van der Waals surface area contributed by atoms with Crippen molar-refractivity contribution in [3.8, 4) is 0 Å². The fourth-order valence-electron chi connectivity index (χ4n) is 1.70. The average Bonchev–Trinajstić information content (AvgIpc) is 2.71. The molecule has 0 amide bonds. The molecule has 1 N–H and O–H groups in total. The SMILES string of the molecule is Cn1cnc(S(=O)(=O)NC2CS(=O)(=O)CC2Cl)c1. The predicted octanol–water partition coefficient (Wildman–Crippen LogP) is -0.897. The Labute approximate surface area is 110 Å². The monoisotopic (exact) mass is 313 g/mol. The van der Waals surface area contributed by atoms with E-state index >= 15 is 0 Å². The van der Waals surface area contributed by atoms with Crippen molar-refractivity contribution in [2.24, 2.45) is 7.05 Å². The summed E-state index contributed by atoms with van der Waals surface area (Å²) in [6.45, 7) is 0. The first-order valence-corrected chi connectivity index (χ1v) is 8.78. The molecule has 0 bridgehead atoms. The molecule has 1 saturated heterocycles. The number of alkyl halides is 1. The summed E-state index contributed by atoms with van der Waals surface area (Å²) >= 11 is 5.83. The van der Waals surface area contributed by atoms with E-state index in [9.17, 15) is 16.8 Å². The van der Waals surface area contributed by atoms with Gasteiger partial charge < -0.3 is 4.57 Å². The van der Waals surface area contributed by atoms with Gasteiger partial charge in [-0.3, -0.25) is 0 Å². The summed E-state index contributed by atoms with van der Waals surface area (Å²) < 4.78 is 50.3. The molecule has 0 spiro atoms. The second-order valence-electron chi connectivity index (χ2n) is 4.20. The molecular formula is C8H12ClN3O4S2. The van der Waals surface area contributed by atoms with Gasteiger partial charge in [0.2, 0.25) is 0 Å². The number of aromatic nitrogens is 2. The van der Waals surface area contributed by atoms with E-state index in [4.69, 9.17) is 11.6 Å². The maximum atomic E-state index is 11.9. The van der Waals surface area contributed by atoms with Crippen LogP contribution in [-0.2, 0) is 26.9 Å². The molecule has 2 unspecified atom stereocenters. The zero-order chi connectivity index (χ0) is 13.6. The first-order chi connectivity index (χ1) is 8.20. The molecule has 1 aliphatic rings. The van der Waals surface area contributed by atoms with Crippen molar-refractivity contribution in [1.29, 1.82) is 0 Å². The number of nitrogens with one attached hydrogen (secondary N) is 1. The molecule has 1 aliphatic heterocycles. The largest absolute Gasteiger partial charge is 0.339 e. The van der Waals surface area contributed by atoms with Gasteiger partial charge in [0, 0.05) is 13.2 Å². The lowest BCUT2D eigenvalue weighted by Gasteiger charge is -2.13. The standard InChI is InChI=1S/C8H12ClN3O4S2/c1-12-2-8(10-5-12)18(15,16)11-7-4-17(13,14)3-6(7)9/h2,5-7,11H,3-4H2,1H3. The smallest absolute Gasteiger partial charge is 0.259 e. The topological polar surface area (TPSA) is 98.1 Å². The number of imidazole rings is 1. The Morgan fingerprint density at radius 1 is 1.50 bits per heavy atom. The highest BCUT2D eigenvalue weighted by Crippen LogP contribution is 2.19. The number of sulfone groups is 1. The average molecular weight is 314 g/mol. The summed E-state index contributed by atoms with van der Waals surface area (Å²) in [5.41, 5.74) is 0. The minimum atomic E-state index is -3.84. The third kappa shape index (κ3) is 2.85. The zero-order valence-corrected chi connectivity index (χ0v) is 11.8. The van der Waals surface area contributed by atoms with Gasteiger partial charge in [0.05, 0.1) is 29.3 Å². The molecule has 1 aromatic heterocycles. The number of sulfonamides is 1. The summed E-state index contributed by atoms with van der Waals surface area (Å²) in [7, 11) is -5.48. The highest BCUT2D eigenvalue weighted by Gasteiger charge is 2.39.